The maximum atomic E-state index is 12.6. The van der Waals surface area contributed by atoms with Gasteiger partial charge in [0.05, 0.1) is 5.52 Å². The number of aromatic nitrogens is 3. The van der Waals surface area contributed by atoms with Crippen molar-refractivity contribution in [3.05, 3.63) is 78.0 Å². The van der Waals surface area contributed by atoms with Crippen LogP contribution in [0.5, 0.6) is 5.75 Å². The third kappa shape index (κ3) is 4.86. The molecule has 1 aliphatic rings. The molecule has 1 saturated heterocycles. The van der Waals surface area contributed by atoms with Gasteiger partial charge in [-0.1, -0.05) is 30.3 Å². The highest BCUT2D eigenvalue weighted by atomic mass is 32.2. The van der Waals surface area contributed by atoms with Gasteiger partial charge in [0.1, 0.15) is 18.2 Å². The number of pyridine rings is 1. The van der Waals surface area contributed by atoms with Gasteiger partial charge in [-0.05, 0) is 67.1 Å². The number of fused-ring (bicyclic) bond motifs is 1. The van der Waals surface area contributed by atoms with Crippen molar-refractivity contribution in [3.63, 3.8) is 0 Å². The Morgan fingerprint density at radius 3 is 2.47 bits per heavy atom. The maximum Gasteiger partial charge on any atom is 0.178 e. The molecular formula is C27H30N4O2S. The van der Waals surface area contributed by atoms with E-state index in [1.807, 2.05) is 61.0 Å². The molecule has 176 valence electrons. The van der Waals surface area contributed by atoms with Crippen LogP contribution in [-0.4, -0.2) is 48.2 Å². The Bertz CT molecular complexity index is 1380. The summed E-state index contributed by atoms with van der Waals surface area (Å²) in [6.45, 7) is 4.08. The van der Waals surface area contributed by atoms with Crippen molar-refractivity contribution in [1.29, 1.82) is 0 Å². The van der Waals surface area contributed by atoms with Crippen molar-refractivity contribution < 1.29 is 8.95 Å². The molecule has 0 saturated carbocycles. The summed E-state index contributed by atoms with van der Waals surface area (Å²) in [6.07, 6.45) is 3.74. The Kier molecular flexibility index (Phi) is 6.39. The van der Waals surface area contributed by atoms with Crippen LogP contribution in [0.15, 0.2) is 66.7 Å². The van der Waals surface area contributed by atoms with Crippen molar-refractivity contribution in [3.8, 4) is 17.1 Å². The van der Waals surface area contributed by atoms with E-state index in [1.165, 1.54) is 0 Å². The summed E-state index contributed by atoms with van der Waals surface area (Å²) >= 11 is 0. The van der Waals surface area contributed by atoms with Crippen molar-refractivity contribution in [2.45, 2.75) is 32.3 Å². The third-order valence-corrected chi connectivity index (χ3v) is 8.83. The van der Waals surface area contributed by atoms with Crippen LogP contribution in [0.2, 0.25) is 0 Å². The summed E-state index contributed by atoms with van der Waals surface area (Å²) in [7, 11) is -2.00. The SMILES string of the molecule is CC=S(C)(=O)N1CCC(c2ccc3[nH]c(-c4ccc(OCc5ccccc5)cc4)nc3n2)CC1. The fourth-order valence-electron chi connectivity index (χ4n) is 4.38. The Morgan fingerprint density at radius 2 is 1.76 bits per heavy atom. The Hall–Kier alpha value is -3.16. The molecular weight excluding hydrogens is 444 g/mol. The number of imidazole rings is 1. The van der Waals surface area contributed by atoms with E-state index in [0.29, 0.717) is 12.5 Å². The van der Waals surface area contributed by atoms with Gasteiger partial charge in [-0.15, -0.1) is 0 Å². The molecule has 34 heavy (non-hydrogen) atoms. The van der Waals surface area contributed by atoms with Gasteiger partial charge in [0.15, 0.2) is 5.65 Å². The topological polar surface area (TPSA) is 71.1 Å². The van der Waals surface area contributed by atoms with Crippen LogP contribution in [-0.2, 0) is 16.3 Å². The second-order valence-electron chi connectivity index (χ2n) is 8.79. The summed E-state index contributed by atoms with van der Waals surface area (Å²) < 4.78 is 20.6. The number of aromatic amines is 1. The molecule has 0 radical (unpaired) electrons. The van der Waals surface area contributed by atoms with E-state index in [1.54, 1.807) is 0 Å². The number of piperidine rings is 1. The highest BCUT2D eigenvalue weighted by Crippen LogP contribution is 2.30. The molecule has 2 aromatic heterocycles. The molecule has 1 aliphatic heterocycles. The normalized spacial score (nSPS) is 16.9. The minimum absolute atomic E-state index is 0.369. The first kappa shape index (κ1) is 22.6. The van der Waals surface area contributed by atoms with E-state index >= 15 is 0 Å². The minimum Gasteiger partial charge on any atom is -0.489 e. The van der Waals surface area contributed by atoms with Crippen LogP contribution in [0, 0.1) is 0 Å². The molecule has 0 amide bonds. The molecule has 1 unspecified atom stereocenters. The van der Waals surface area contributed by atoms with Crippen molar-refractivity contribution in [2.24, 2.45) is 0 Å². The van der Waals surface area contributed by atoms with Crippen LogP contribution < -0.4 is 4.74 Å². The lowest BCUT2D eigenvalue weighted by Gasteiger charge is -2.32. The molecule has 3 heterocycles. The van der Waals surface area contributed by atoms with Crippen molar-refractivity contribution in [2.75, 3.05) is 19.3 Å². The average Bonchev–Trinajstić information content (AvgIpc) is 3.32. The first-order valence-corrected chi connectivity index (χ1v) is 13.7. The summed E-state index contributed by atoms with van der Waals surface area (Å²) in [5, 5.41) is 1.82. The van der Waals surface area contributed by atoms with Gasteiger partial charge in [-0.2, -0.15) is 0 Å². The molecule has 2 aromatic carbocycles. The van der Waals surface area contributed by atoms with E-state index in [0.717, 1.165) is 65.5 Å². The minimum atomic E-state index is -2.00. The quantitative estimate of drug-likeness (QED) is 0.398. The number of benzene rings is 2. The second-order valence-corrected chi connectivity index (χ2v) is 11.5. The first-order valence-electron chi connectivity index (χ1n) is 11.7. The van der Waals surface area contributed by atoms with Crippen molar-refractivity contribution >= 4 is 26.2 Å². The van der Waals surface area contributed by atoms with Gasteiger partial charge in [-0.3, -0.25) is 4.21 Å². The monoisotopic (exact) mass is 474 g/mol. The van der Waals surface area contributed by atoms with Crippen LogP contribution in [0.1, 0.15) is 36.9 Å². The number of H-pyrrole nitrogens is 1. The zero-order valence-electron chi connectivity index (χ0n) is 19.6. The largest absolute Gasteiger partial charge is 0.489 e. The number of ether oxygens (including phenoxy) is 1. The lowest BCUT2D eigenvalue weighted by molar-refractivity contribution is 0.306. The standard InChI is InChI=1S/C27H30N4O2S/c1-3-34(2,32)31-17-15-21(16-18-31)24-13-14-25-27(28-24)30-26(29-25)22-9-11-23(12-10-22)33-19-20-7-5-4-6-8-20/h3-14,21H,15-19H2,1-2H3,(H,28,29,30). The smallest absolute Gasteiger partial charge is 0.178 e. The molecule has 1 atom stereocenters. The number of nitrogens with one attached hydrogen (secondary N) is 1. The highest BCUT2D eigenvalue weighted by Gasteiger charge is 2.25. The molecule has 1 fully saturated rings. The van der Waals surface area contributed by atoms with E-state index in [4.69, 9.17) is 14.7 Å². The van der Waals surface area contributed by atoms with Crippen LogP contribution in [0.4, 0.5) is 0 Å². The Morgan fingerprint density at radius 1 is 1.03 bits per heavy atom. The molecule has 4 aromatic rings. The lowest BCUT2D eigenvalue weighted by Crippen LogP contribution is -2.38. The fraction of sp³-hybridized carbons (Fsp3) is 0.296. The molecule has 1 N–H and O–H groups in total. The maximum absolute atomic E-state index is 12.6. The van der Waals surface area contributed by atoms with Gasteiger partial charge in [0, 0.05) is 46.2 Å². The van der Waals surface area contributed by atoms with Crippen LogP contribution in [0.25, 0.3) is 22.6 Å². The van der Waals surface area contributed by atoms with Crippen LogP contribution >= 0.6 is 0 Å². The number of rotatable bonds is 6. The van der Waals surface area contributed by atoms with Crippen LogP contribution in [0.3, 0.4) is 0 Å². The summed E-state index contributed by atoms with van der Waals surface area (Å²) in [4.78, 5) is 13.0. The first-order chi connectivity index (χ1) is 16.5. The van der Waals surface area contributed by atoms with E-state index < -0.39 is 9.71 Å². The molecule has 5 rings (SSSR count). The summed E-state index contributed by atoms with van der Waals surface area (Å²) in [6, 6.07) is 22.3. The fourth-order valence-corrected chi connectivity index (χ4v) is 5.62. The Labute approximate surface area is 201 Å². The van der Waals surface area contributed by atoms with Gasteiger partial charge >= 0.3 is 0 Å². The van der Waals surface area contributed by atoms with Gasteiger partial charge in [0.25, 0.3) is 0 Å². The zero-order chi connectivity index (χ0) is 23.5. The zero-order valence-corrected chi connectivity index (χ0v) is 20.4. The predicted octanol–water partition coefficient (Wildman–Crippen LogP) is 5.03. The lowest BCUT2D eigenvalue weighted by atomic mass is 9.94. The molecule has 7 heteroatoms. The Balaban J connectivity index is 1.27. The third-order valence-electron chi connectivity index (χ3n) is 6.57. The predicted molar refractivity (Wildman–Crippen MR) is 139 cm³/mol. The van der Waals surface area contributed by atoms with E-state index in [2.05, 4.69) is 33.6 Å². The number of hydrogen-bond acceptors (Lipinski definition) is 4. The number of nitrogens with zero attached hydrogens (tertiary/aromatic N) is 3. The van der Waals surface area contributed by atoms with Gasteiger partial charge in [-0.25, -0.2) is 14.3 Å². The second kappa shape index (κ2) is 9.60. The average molecular weight is 475 g/mol. The summed E-state index contributed by atoms with van der Waals surface area (Å²) in [5.41, 5.74) is 4.87. The number of hydrogen-bond donors (Lipinski definition) is 1. The van der Waals surface area contributed by atoms with Crippen molar-refractivity contribution in [1.82, 2.24) is 19.3 Å². The molecule has 0 aliphatic carbocycles. The van der Waals surface area contributed by atoms with E-state index in [9.17, 15) is 4.21 Å². The van der Waals surface area contributed by atoms with Gasteiger partial charge in [0.2, 0.25) is 0 Å². The summed E-state index contributed by atoms with van der Waals surface area (Å²) in [5.74, 6) is 1.99. The molecule has 6 nitrogen and oxygen atoms in total. The molecule has 0 bridgehead atoms. The van der Waals surface area contributed by atoms with E-state index in [-0.39, 0.29) is 0 Å². The highest BCUT2D eigenvalue weighted by molar-refractivity contribution is 7.98. The molecule has 0 spiro atoms. The van der Waals surface area contributed by atoms with Gasteiger partial charge < -0.3 is 9.72 Å².